The van der Waals surface area contributed by atoms with Gasteiger partial charge in [0, 0.05) is 18.4 Å². The summed E-state index contributed by atoms with van der Waals surface area (Å²) in [5.74, 6) is 0.667. The number of hydrogen-bond acceptors (Lipinski definition) is 4. The number of benzene rings is 1. The van der Waals surface area contributed by atoms with Crippen LogP contribution in [0.2, 0.25) is 0 Å². The zero-order valence-electron chi connectivity index (χ0n) is 11.0. The van der Waals surface area contributed by atoms with E-state index in [1.165, 1.54) is 6.42 Å². The lowest BCUT2D eigenvalue weighted by Crippen LogP contribution is -2.23. The zero-order chi connectivity index (χ0) is 13.2. The molecule has 102 valence electrons. The maximum absolute atomic E-state index is 9.66. The summed E-state index contributed by atoms with van der Waals surface area (Å²) in [4.78, 5) is 0. The van der Waals surface area contributed by atoms with Crippen molar-refractivity contribution in [3.63, 3.8) is 0 Å². The molecule has 0 radical (unpaired) electrons. The van der Waals surface area contributed by atoms with Crippen LogP contribution in [0.25, 0.3) is 0 Å². The van der Waals surface area contributed by atoms with E-state index in [1.807, 2.05) is 12.1 Å². The first-order valence-electron chi connectivity index (χ1n) is 6.46. The topological polar surface area (TPSA) is 64.7 Å². The van der Waals surface area contributed by atoms with Crippen LogP contribution in [-0.2, 0) is 4.74 Å². The lowest BCUT2D eigenvalue weighted by Gasteiger charge is -2.13. The number of ether oxygens (including phenoxy) is 2. The standard InChI is InChI=1S/C14H23NO3/c1-2-3-4-8-17-10-13(16)11-18-14-7-5-6-12(15)9-14/h5-7,9,13,16H,2-4,8,10-11,15H2,1H3. The molecule has 0 heterocycles. The third kappa shape index (κ3) is 6.47. The van der Waals surface area contributed by atoms with Crippen molar-refractivity contribution in [2.24, 2.45) is 0 Å². The fraction of sp³-hybridized carbons (Fsp3) is 0.571. The smallest absolute Gasteiger partial charge is 0.121 e. The van der Waals surface area contributed by atoms with Gasteiger partial charge >= 0.3 is 0 Å². The molecule has 1 rings (SSSR count). The van der Waals surface area contributed by atoms with Gasteiger partial charge in [0.2, 0.25) is 0 Å². The Kier molecular flexibility index (Phi) is 7.22. The number of unbranched alkanes of at least 4 members (excludes halogenated alkanes) is 2. The van der Waals surface area contributed by atoms with E-state index < -0.39 is 6.10 Å². The predicted octanol–water partition coefficient (Wildman–Crippen LogP) is 2.22. The quantitative estimate of drug-likeness (QED) is 0.523. The van der Waals surface area contributed by atoms with Crippen molar-refractivity contribution in [3.8, 4) is 5.75 Å². The Hall–Kier alpha value is -1.26. The van der Waals surface area contributed by atoms with Crippen molar-refractivity contribution < 1.29 is 14.6 Å². The van der Waals surface area contributed by atoms with Gasteiger partial charge in [-0.2, -0.15) is 0 Å². The average Bonchev–Trinajstić information content (AvgIpc) is 2.36. The van der Waals surface area contributed by atoms with Gasteiger partial charge in [-0.3, -0.25) is 0 Å². The second kappa shape index (κ2) is 8.78. The molecule has 1 aromatic carbocycles. The molecule has 0 bridgehead atoms. The van der Waals surface area contributed by atoms with Gasteiger partial charge in [0.15, 0.2) is 0 Å². The van der Waals surface area contributed by atoms with Crippen molar-refractivity contribution in [3.05, 3.63) is 24.3 Å². The van der Waals surface area contributed by atoms with Gasteiger partial charge in [-0.25, -0.2) is 0 Å². The van der Waals surface area contributed by atoms with Crippen LogP contribution in [0.1, 0.15) is 26.2 Å². The first-order valence-corrected chi connectivity index (χ1v) is 6.46. The highest BCUT2D eigenvalue weighted by Gasteiger charge is 2.05. The third-order valence-electron chi connectivity index (χ3n) is 2.50. The van der Waals surface area contributed by atoms with E-state index in [-0.39, 0.29) is 6.61 Å². The molecule has 3 N–H and O–H groups in total. The first kappa shape index (κ1) is 14.8. The lowest BCUT2D eigenvalue weighted by atomic mass is 10.3. The number of nitrogen functional groups attached to an aromatic ring is 1. The van der Waals surface area contributed by atoms with Gasteiger partial charge in [0.25, 0.3) is 0 Å². The maximum Gasteiger partial charge on any atom is 0.121 e. The minimum atomic E-state index is -0.604. The molecule has 1 atom stereocenters. The molecule has 18 heavy (non-hydrogen) atoms. The van der Waals surface area contributed by atoms with Crippen LogP contribution < -0.4 is 10.5 Å². The molecule has 0 aliphatic rings. The Bertz CT molecular complexity index is 331. The largest absolute Gasteiger partial charge is 0.491 e. The molecule has 4 heteroatoms. The minimum absolute atomic E-state index is 0.219. The second-order valence-electron chi connectivity index (χ2n) is 4.32. The van der Waals surface area contributed by atoms with Crippen molar-refractivity contribution >= 4 is 5.69 Å². The normalized spacial score (nSPS) is 12.3. The summed E-state index contributed by atoms with van der Waals surface area (Å²) in [5.41, 5.74) is 6.28. The summed E-state index contributed by atoms with van der Waals surface area (Å²) in [5, 5.41) is 9.66. The molecule has 4 nitrogen and oxygen atoms in total. The summed E-state index contributed by atoms with van der Waals surface area (Å²) in [6.07, 6.45) is 2.77. The summed E-state index contributed by atoms with van der Waals surface area (Å²) >= 11 is 0. The van der Waals surface area contributed by atoms with Crippen molar-refractivity contribution in [1.82, 2.24) is 0 Å². The monoisotopic (exact) mass is 253 g/mol. The fourth-order valence-corrected chi connectivity index (χ4v) is 1.52. The van der Waals surface area contributed by atoms with Crippen LogP contribution in [0.5, 0.6) is 5.75 Å². The van der Waals surface area contributed by atoms with E-state index in [9.17, 15) is 5.11 Å². The molecule has 0 aliphatic heterocycles. The van der Waals surface area contributed by atoms with Crippen LogP contribution in [0.4, 0.5) is 5.69 Å². The zero-order valence-corrected chi connectivity index (χ0v) is 11.0. The Balaban J connectivity index is 2.11. The highest BCUT2D eigenvalue weighted by Crippen LogP contribution is 2.14. The highest BCUT2D eigenvalue weighted by molar-refractivity contribution is 5.43. The van der Waals surface area contributed by atoms with Crippen molar-refractivity contribution in [1.29, 1.82) is 0 Å². The van der Waals surface area contributed by atoms with Crippen LogP contribution >= 0.6 is 0 Å². The van der Waals surface area contributed by atoms with Crippen LogP contribution in [-0.4, -0.2) is 31.0 Å². The molecule has 0 spiro atoms. The summed E-state index contributed by atoms with van der Waals surface area (Å²) in [6, 6.07) is 7.15. The SMILES string of the molecule is CCCCCOCC(O)COc1cccc(N)c1. The van der Waals surface area contributed by atoms with E-state index >= 15 is 0 Å². The van der Waals surface area contributed by atoms with Crippen LogP contribution in [0.15, 0.2) is 24.3 Å². The third-order valence-corrected chi connectivity index (χ3v) is 2.50. The van der Waals surface area contributed by atoms with Gasteiger partial charge in [0.1, 0.15) is 18.5 Å². The number of hydrogen-bond donors (Lipinski definition) is 2. The Morgan fingerprint density at radius 2 is 2.11 bits per heavy atom. The Labute approximate surface area is 109 Å². The maximum atomic E-state index is 9.66. The van der Waals surface area contributed by atoms with Crippen LogP contribution in [0.3, 0.4) is 0 Å². The van der Waals surface area contributed by atoms with E-state index in [1.54, 1.807) is 12.1 Å². The molecule has 0 aromatic heterocycles. The van der Waals surface area contributed by atoms with E-state index in [0.717, 1.165) is 12.8 Å². The summed E-state index contributed by atoms with van der Waals surface area (Å²) in [7, 11) is 0. The van der Waals surface area contributed by atoms with Crippen molar-refractivity contribution in [2.75, 3.05) is 25.6 Å². The number of rotatable bonds is 9. The molecule has 0 saturated heterocycles. The van der Waals surface area contributed by atoms with Crippen molar-refractivity contribution in [2.45, 2.75) is 32.3 Å². The number of aliphatic hydroxyl groups excluding tert-OH is 1. The molecule has 0 amide bonds. The average molecular weight is 253 g/mol. The van der Waals surface area contributed by atoms with E-state index in [0.29, 0.717) is 24.7 Å². The summed E-state index contributed by atoms with van der Waals surface area (Å²) in [6.45, 7) is 3.38. The van der Waals surface area contributed by atoms with E-state index in [4.69, 9.17) is 15.2 Å². The molecule has 0 fully saturated rings. The number of anilines is 1. The molecular formula is C14H23NO3. The van der Waals surface area contributed by atoms with Crippen LogP contribution in [0, 0.1) is 0 Å². The Morgan fingerprint density at radius 3 is 2.83 bits per heavy atom. The second-order valence-corrected chi connectivity index (χ2v) is 4.32. The lowest BCUT2D eigenvalue weighted by molar-refractivity contribution is 0.0110. The van der Waals surface area contributed by atoms with Gasteiger partial charge in [-0.1, -0.05) is 25.8 Å². The van der Waals surface area contributed by atoms with Gasteiger partial charge in [-0.15, -0.1) is 0 Å². The molecule has 1 aromatic rings. The fourth-order valence-electron chi connectivity index (χ4n) is 1.52. The molecular weight excluding hydrogens is 230 g/mol. The molecule has 1 unspecified atom stereocenters. The number of aliphatic hydroxyl groups is 1. The van der Waals surface area contributed by atoms with E-state index in [2.05, 4.69) is 6.92 Å². The highest BCUT2D eigenvalue weighted by atomic mass is 16.5. The number of nitrogens with two attached hydrogens (primary N) is 1. The Morgan fingerprint density at radius 1 is 1.28 bits per heavy atom. The molecule has 0 saturated carbocycles. The minimum Gasteiger partial charge on any atom is -0.491 e. The predicted molar refractivity (Wildman–Crippen MR) is 72.7 cm³/mol. The van der Waals surface area contributed by atoms with Gasteiger partial charge < -0.3 is 20.3 Å². The summed E-state index contributed by atoms with van der Waals surface area (Å²) < 4.78 is 10.8. The van der Waals surface area contributed by atoms with Gasteiger partial charge in [-0.05, 0) is 18.6 Å². The first-order chi connectivity index (χ1) is 8.72. The molecule has 0 aliphatic carbocycles. The van der Waals surface area contributed by atoms with Gasteiger partial charge in [0.05, 0.1) is 6.61 Å².